The number of aromatic nitrogens is 1. The Kier molecular flexibility index (Phi) is 5.31. The Morgan fingerprint density at radius 2 is 1.61 bits per heavy atom. The number of nitrogens with one attached hydrogen (secondary N) is 1. The van der Waals surface area contributed by atoms with Gasteiger partial charge in [-0.05, 0) is 42.5 Å². The van der Waals surface area contributed by atoms with Gasteiger partial charge in [0.1, 0.15) is 11.3 Å². The summed E-state index contributed by atoms with van der Waals surface area (Å²) in [6.45, 7) is 3.45. The number of hydrogen-bond acceptors (Lipinski definition) is 9. The number of methoxy groups -OCH3 is 1. The molecule has 9 heteroatoms. The number of hydrogen-bond donors (Lipinski definition) is 1. The predicted octanol–water partition coefficient (Wildman–Crippen LogP) is 5.85. The zero-order chi connectivity index (χ0) is 27.5. The fourth-order valence-corrected chi connectivity index (χ4v) is 6.01. The van der Waals surface area contributed by atoms with Crippen LogP contribution in [0.5, 0.6) is 17.2 Å². The van der Waals surface area contributed by atoms with Gasteiger partial charge in [-0.1, -0.05) is 29.4 Å². The van der Waals surface area contributed by atoms with Crippen molar-refractivity contribution in [2.24, 2.45) is 0 Å². The van der Waals surface area contributed by atoms with Crippen LogP contribution in [0.2, 0.25) is 0 Å². The standard InChI is InChI=1S/C32H26N4O5/c1-38-21-9-7-20(8-10-21)35-12-14-36(15-13-35)25-17-24(33-19-6-11-26-27(16-19)40-18-39-26)28-29-30(25)34-41-32(29)23-5-3-2-4-22(23)31(28)37/h2-11,16-17,33H,12-15,18H2,1H3. The maximum Gasteiger partial charge on any atom is 0.231 e. The second-order valence-electron chi connectivity index (χ2n) is 10.3. The molecule has 0 bridgehead atoms. The van der Waals surface area contributed by atoms with Crippen molar-refractivity contribution in [2.75, 3.05) is 55.2 Å². The number of carbonyl (C=O) groups excluding carboxylic acids is 1. The smallest absolute Gasteiger partial charge is 0.231 e. The van der Waals surface area contributed by atoms with Gasteiger partial charge < -0.3 is 33.9 Å². The summed E-state index contributed by atoms with van der Waals surface area (Å²) in [5.74, 6) is 2.78. The molecule has 3 aliphatic rings. The summed E-state index contributed by atoms with van der Waals surface area (Å²) < 4.78 is 22.4. The Labute approximate surface area is 235 Å². The van der Waals surface area contributed by atoms with Gasteiger partial charge in [-0.3, -0.25) is 4.79 Å². The maximum atomic E-state index is 13.9. The number of benzene rings is 4. The topological polar surface area (TPSA) is 89.3 Å². The first-order valence-corrected chi connectivity index (χ1v) is 13.6. The number of piperazine rings is 1. The highest BCUT2D eigenvalue weighted by Crippen LogP contribution is 2.47. The summed E-state index contributed by atoms with van der Waals surface area (Å²) in [7, 11) is 1.68. The van der Waals surface area contributed by atoms with Crippen molar-refractivity contribution in [3.8, 4) is 28.6 Å². The molecule has 0 atom stereocenters. The predicted molar refractivity (Wildman–Crippen MR) is 156 cm³/mol. The first-order chi connectivity index (χ1) is 20.2. The third kappa shape index (κ3) is 3.76. The minimum absolute atomic E-state index is 0.0552. The molecule has 4 aromatic carbocycles. The Bertz CT molecular complexity index is 1820. The number of ketones is 1. The average molecular weight is 547 g/mol. The van der Waals surface area contributed by atoms with Gasteiger partial charge in [0, 0.05) is 54.7 Å². The molecular weight excluding hydrogens is 520 g/mol. The molecule has 204 valence electrons. The van der Waals surface area contributed by atoms with Crippen LogP contribution in [0.1, 0.15) is 15.9 Å². The van der Waals surface area contributed by atoms with Gasteiger partial charge in [0.25, 0.3) is 0 Å². The van der Waals surface area contributed by atoms with Crippen molar-refractivity contribution in [3.63, 3.8) is 0 Å². The van der Waals surface area contributed by atoms with Gasteiger partial charge in [-0.2, -0.15) is 0 Å². The molecule has 1 N–H and O–H groups in total. The molecule has 41 heavy (non-hydrogen) atoms. The molecule has 1 aliphatic carbocycles. The lowest BCUT2D eigenvalue weighted by Gasteiger charge is -2.37. The van der Waals surface area contributed by atoms with Gasteiger partial charge in [0.2, 0.25) is 6.79 Å². The Hall–Kier alpha value is -5.18. The van der Waals surface area contributed by atoms with Crippen LogP contribution in [-0.4, -0.2) is 51.0 Å². The molecule has 0 saturated carbocycles. The van der Waals surface area contributed by atoms with Gasteiger partial charge in [-0.15, -0.1) is 0 Å². The number of fused-ring (bicyclic) bond motifs is 3. The van der Waals surface area contributed by atoms with Crippen LogP contribution in [0.3, 0.4) is 0 Å². The van der Waals surface area contributed by atoms with Gasteiger partial charge >= 0.3 is 0 Å². The molecule has 9 nitrogen and oxygen atoms in total. The minimum atomic E-state index is -0.0552. The van der Waals surface area contributed by atoms with Crippen LogP contribution in [0.4, 0.5) is 22.7 Å². The van der Waals surface area contributed by atoms with E-state index in [0.717, 1.165) is 59.9 Å². The first kappa shape index (κ1) is 23.7. The van der Waals surface area contributed by atoms with E-state index in [-0.39, 0.29) is 12.6 Å². The monoisotopic (exact) mass is 546 g/mol. The van der Waals surface area contributed by atoms with E-state index in [1.54, 1.807) is 7.11 Å². The average Bonchev–Trinajstić information content (AvgIpc) is 3.68. The Morgan fingerprint density at radius 1 is 0.854 bits per heavy atom. The van der Waals surface area contributed by atoms with Crippen molar-refractivity contribution >= 4 is 39.4 Å². The lowest BCUT2D eigenvalue weighted by molar-refractivity contribution is 0.104. The molecule has 1 aromatic heterocycles. The van der Waals surface area contributed by atoms with E-state index in [1.807, 2.05) is 60.7 Å². The summed E-state index contributed by atoms with van der Waals surface area (Å²) in [4.78, 5) is 18.6. The molecule has 2 aliphatic heterocycles. The number of nitrogens with zero attached hydrogens (tertiary/aromatic N) is 3. The largest absolute Gasteiger partial charge is 0.497 e. The van der Waals surface area contributed by atoms with Crippen molar-refractivity contribution in [1.29, 1.82) is 0 Å². The first-order valence-electron chi connectivity index (χ1n) is 13.6. The van der Waals surface area contributed by atoms with E-state index in [0.29, 0.717) is 39.6 Å². The van der Waals surface area contributed by atoms with E-state index < -0.39 is 0 Å². The van der Waals surface area contributed by atoms with Gasteiger partial charge in [-0.25, -0.2) is 0 Å². The van der Waals surface area contributed by atoms with Crippen LogP contribution in [0.25, 0.3) is 22.2 Å². The highest BCUT2D eigenvalue weighted by molar-refractivity contribution is 6.28. The van der Waals surface area contributed by atoms with E-state index in [4.69, 9.17) is 18.7 Å². The fourth-order valence-electron chi connectivity index (χ4n) is 6.01. The van der Waals surface area contributed by atoms with Crippen LogP contribution in [-0.2, 0) is 0 Å². The molecule has 1 fully saturated rings. The normalized spacial score (nSPS) is 15.3. The van der Waals surface area contributed by atoms with Crippen LogP contribution < -0.4 is 29.3 Å². The van der Waals surface area contributed by atoms with Crippen molar-refractivity contribution in [2.45, 2.75) is 0 Å². The quantitative estimate of drug-likeness (QED) is 0.286. The molecule has 0 spiro atoms. The Balaban J connectivity index is 1.20. The van der Waals surface area contributed by atoms with Gasteiger partial charge in [0.15, 0.2) is 23.0 Å². The summed E-state index contributed by atoms with van der Waals surface area (Å²) in [6.07, 6.45) is 0. The molecule has 1 saturated heterocycles. The summed E-state index contributed by atoms with van der Waals surface area (Å²) in [5, 5.41) is 8.78. The lowest BCUT2D eigenvalue weighted by atomic mass is 9.86. The van der Waals surface area contributed by atoms with E-state index in [2.05, 4.69) is 32.4 Å². The second-order valence-corrected chi connectivity index (χ2v) is 10.3. The van der Waals surface area contributed by atoms with Crippen molar-refractivity contribution in [1.82, 2.24) is 5.16 Å². The van der Waals surface area contributed by atoms with E-state index >= 15 is 0 Å². The summed E-state index contributed by atoms with van der Waals surface area (Å²) >= 11 is 0. The maximum absolute atomic E-state index is 13.9. The highest BCUT2D eigenvalue weighted by atomic mass is 16.7. The second kappa shape index (κ2) is 9.19. The summed E-state index contributed by atoms with van der Waals surface area (Å²) in [6, 6.07) is 23.4. The number of carbonyl (C=O) groups is 1. The van der Waals surface area contributed by atoms with Crippen LogP contribution >= 0.6 is 0 Å². The van der Waals surface area contributed by atoms with Gasteiger partial charge in [0.05, 0.1) is 29.4 Å². The molecular formula is C32H26N4O5. The zero-order valence-corrected chi connectivity index (χ0v) is 22.3. The Morgan fingerprint density at radius 3 is 2.41 bits per heavy atom. The molecule has 0 unspecified atom stereocenters. The van der Waals surface area contributed by atoms with E-state index in [9.17, 15) is 4.79 Å². The third-order valence-corrected chi connectivity index (χ3v) is 8.09. The number of rotatable bonds is 5. The number of ether oxygens (including phenoxy) is 3. The molecule has 8 rings (SSSR count). The molecule has 0 amide bonds. The minimum Gasteiger partial charge on any atom is -0.497 e. The lowest BCUT2D eigenvalue weighted by Crippen LogP contribution is -2.46. The van der Waals surface area contributed by atoms with Crippen molar-refractivity contribution < 1.29 is 23.5 Å². The SMILES string of the molecule is COc1ccc(N2CCN(c3cc(Nc4ccc5c(c4)OCO5)c4c5c(onc35)-c3ccccc3C4=O)CC2)cc1. The van der Waals surface area contributed by atoms with Crippen LogP contribution in [0, 0.1) is 0 Å². The molecule has 5 aromatic rings. The number of anilines is 4. The third-order valence-electron chi connectivity index (χ3n) is 8.09. The molecule has 0 radical (unpaired) electrons. The summed E-state index contributed by atoms with van der Waals surface area (Å²) in [5.41, 5.74) is 6.23. The van der Waals surface area contributed by atoms with E-state index in [1.165, 1.54) is 0 Å². The highest BCUT2D eigenvalue weighted by Gasteiger charge is 2.34. The fraction of sp³-hybridized carbons (Fsp3) is 0.188. The van der Waals surface area contributed by atoms with Crippen LogP contribution in [0.15, 0.2) is 77.3 Å². The zero-order valence-electron chi connectivity index (χ0n) is 22.3. The van der Waals surface area contributed by atoms with Crippen molar-refractivity contribution in [3.05, 3.63) is 83.9 Å². The molecule has 3 heterocycles.